The molecule has 2 amide bonds. The average molecular weight is 296 g/mol. The van der Waals surface area contributed by atoms with Gasteiger partial charge in [0.15, 0.2) is 0 Å². The number of nitrogens with one attached hydrogen (secondary N) is 2. The van der Waals surface area contributed by atoms with E-state index in [1.165, 1.54) is 11.2 Å². The molecule has 0 fully saturated rings. The van der Waals surface area contributed by atoms with Crippen LogP contribution in [0.5, 0.6) is 0 Å². The standard InChI is InChI=1S/C13H20N4O4/c1-13(2,6-21-3)16-12(20)17-5-9-8(14-7-15-9)4-10(17)11(18)19/h7,10H,4-6H2,1-3H3,(H,14,15)(H,16,20)(H,18,19). The largest absolute Gasteiger partial charge is 0.480 e. The van der Waals surface area contributed by atoms with Crippen LogP contribution in [0, 0.1) is 0 Å². The number of fused-ring (bicyclic) bond motifs is 1. The van der Waals surface area contributed by atoms with Crippen LogP contribution in [0.25, 0.3) is 0 Å². The van der Waals surface area contributed by atoms with E-state index >= 15 is 0 Å². The molecule has 2 heterocycles. The van der Waals surface area contributed by atoms with E-state index in [2.05, 4.69) is 15.3 Å². The Morgan fingerprint density at radius 1 is 1.62 bits per heavy atom. The van der Waals surface area contributed by atoms with E-state index in [9.17, 15) is 14.7 Å². The van der Waals surface area contributed by atoms with Crippen molar-refractivity contribution in [1.29, 1.82) is 0 Å². The fourth-order valence-electron chi connectivity index (χ4n) is 2.43. The number of hydrogen-bond donors (Lipinski definition) is 3. The summed E-state index contributed by atoms with van der Waals surface area (Å²) in [6, 6.07) is -1.34. The average Bonchev–Trinajstić information content (AvgIpc) is 2.83. The van der Waals surface area contributed by atoms with Gasteiger partial charge in [-0.2, -0.15) is 0 Å². The van der Waals surface area contributed by atoms with Gasteiger partial charge in [-0.3, -0.25) is 0 Å². The molecule has 1 aliphatic heterocycles. The van der Waals surface area contributed by atoms with Crippen molar-refractivity contribution in [3.8, 4) is 0 Å². The van der Waals surface area contributed by atoms with Crippen molar-refractivity contribution in [3.05, 3.63) is 17.7 Å². The summed E-state index contributed by atoms with van der Waals surface area (Å²) < 4.78 is 5.05. The molecular weight excluding hydrogens is 276 g/mol. The number of aromatic nitrogens is 2. The number of hydrogen-bond acceptors (Lipinski definition) is 4. The summed E-state index contributed by atoms with van der Waals surface area (Å²) >= 11 is 0. The van der Waals surface area contributed by atoms with Crippen molar-refractivity contribution in [1.82, 2.24) is 20.2 Å². The van der Waals surface area contributed by atoms with Crippen LogP contribution in [-0.4, -0.2) is 57.3 Å². The molecule has 1 atom stereocenters. The highest BCUT2D eigenvalue weighted by atomic mass is 16.5. The molecule has 0 bridgehead atoms. The number of nitrogens with zero attached hydrogens (tertiary/aromatic N) is 2. The number of aromatic amines is 1. The lowest BCUT2D eigenvalue weighted by molar-refractivity contribution is -0.142. The first-order chi connectivity index (χ1) is 9.84. The molecule has 0 saturated heterocycles. The van der Waals surface area contributed by atoms with Gasteiger partial charge in [-0.15, -0.1) is 0 Å². The highest BCUT2D eigenvalue weighted by Gasteiger charge is 2.37. The number of H-pyrrole nitrogens is 1. The number of carboxylic acids is 1. The number of aliphatic carboxylic acids is 1. The minimum atomic E-state index is -1.04. The molecular formula is C13H20N4O4. The number of rotatable bonds is 4. The maximum absolute atomic E-state index is 12.4. The maximum atomic E-state index is 12.4. The summed E-state index contributed by atoms with van der Waals surface area (Å²) in [7, 11) is 1.55. The fourth-order valence-corrected chi connectivity index (χ4v) is 2.43. The summed E-state index contributed by atoms with van der Waals surface area (Å²) in [5, 5.41) is 12.1. The molecule has 8 nitrogen and oxygen atoms in total. The van der Waals surface area contributed by atoms with E-state index in [1.54, 1.807) is 7.11 Å². The molecule has 0 saturated carbocycles. The Morgan fingerprint density at radius 3 is 2.95 bits per heavy atom. The first kappa shape index (κ1) is 15.3. The maximum Gasteiger partial charge on any atom is 0.326 e. The molecule has 2 rings (SSSR count). The molecule has 0 spiro atoms. The van der Waals surface area contributed by atoms with Gasteiger partial charge in [-0.05, 0) is 13.8 Å². The first-order valence-corrected chi connectivity index (χ1v) is 6.65. The smallest absolute Gasteiger partial charge is 0.326 e. The highest BCUT2D eigenvalue weighted by molar-refractivity contribution is 5.83. The van der Waals surface area contributed by atoms with Crippen LogP contribution < -0.4 is 5.32 Å². The van der Waals surface area contributed by atoms with E-state index in [0.717, 1.165) is 5.69 Å². The van der Waals surface area contributed by atoms with Crippen LogP contribution in [0.2, 0.25) is 0 Å². The fraction of sp³-hybridized carbons (Fsp3) is 0.615. The zero-order chi connectivity index (χ0) is 15.6. The number of carboxylic acid groups (broad SMARTS) is 1. The van der Waals surface area contributed by atoms with Crippen molar-refractivity contribution in [2.24, 2.45) is 0 Å². The second-order valence-corrected chi connectivity index (χ2v) is 5.76. The van der Waals surface area contributed by atoms with E-state index in [1.807, 2.05) is 13.8 Å². The van der Waals surface area contributed by atoms with Crippen LogP contribution in [0.3, 0.4) is 0 Å². The molecule has 1 aromatic rings. The van der Waals surface area contributed by atoms with Gasteiger partial charge in [0.2, 0.25) is 0 Å². The topological polar surface area (TPSA) is 108 Å². The quantitative estimate of drug-likeness (QED) is 0.743. The predicted molar refractivity (Wildman–Crippen MR) is 73.7 cm³/mol. The number of carbonyl (C=O) groups is 2. The number of methoxy groups -OCH3 is 1. The Hall–Kier alpha value is -2.09. The highest BCUT2D eigenvalue weighted by Crippen LogP contribution is 2.21. The second kappa shape index (κ2) is 5.72. The Morgan fingerprint density at radius 2 is 2.33 bits per heavy atom. The SMILES string of the molecule is COCC(C)(C)NC(=O)N1Cc2[nH]cnc2CC1C(=O)O. The van der Waals surface area contributed by atoms with Gasteiger partial charge in [0.25, 0.3) is 0 Å². The molecule has 116 valence electrons. The summed E-state index contributed by atoms with van der Waals surface area (Å²) in [6.07, 6.45) is 1.71. The zero-order valence-corrected chi connectivity index (χ0v) is 12.3. The lowest BCUT2D eigenvalue weighted by Gasteiger charge is -2.35. The molecule has 1 aromatic heterocycles. The molecule has 8 heteroatoms. The van der Waals surface area contributed by atoms with Gasteiger partial charge in [0.1, 0.15) is 6.04 Å². The van der Waals surface area contributed by atoms with Gasteiger partial charge in [0, 0.05) is 13.5 Å². The van der Waals surface area contributed by atoms with Gasteiger partial charge in [-0.1, -0.05) is 0 Å². The van der Waals surface area contributed by atoms with E-state index < -0.39 is 23.6 Å². The third-order valence-corrected chi connectivity index (χ3v) is 3.40. The summed E-state index contributed by atoms with van der Waals surface area (Å²) in [5.74, 6) is -1.04. The summed E-state index contributed by atoms with van der Waals surface area (Å²) in [6.45, 7) is 4.16. The third-order valence-electron chi connectivity index (χ3n) is 3.40. The Kier molecular flexibility index (Phi) is 4.17. The Labute approximate surface area is 122 Å². The number of carbonyl (C=O) groups excluding carboxylic acids is 1. The number of amides is 2. The Bertz CT molecular complexity index is 540. The lowest BCUT2D eigenvalue weighted by Crippen LogP contribution is -2.57. The van der Waals surface area contributed by atoms with Crippen LogP contribution in [0.1, 0.15) is 25.2 Å². The molecule has 3 N–H and O–H groups in total. The van der Waals surface area contributed by atoms with Crippen molar-refractivity contribution in [3.63, 3.8) is 0 Å². The predicted octanol–water partition coefficient (Wildman–Crippen LogP) is 0.356. The van der Waals surface area contributed by atoms with Gasteiger partial charge < -0.3 is 25.0 Å². The van der Waals surface area contributed by atoms with E-state index in [4.69, 9.17) is 4.74 Å². The van der Waals surface area contributed by atoms with Crippen LogP contribution in [-0.2, 0) is 22.5 Å². The molecule has 0 aromatic carbocycles. The van der Waals surface area contributed by atoms with Crippen LogP contribution in [0.4, 0.5) is 4.79 Å². The summed E-state index contributed by atoms with van der Waals surface area (Å²) in [4.78, 5) is 32.1. The lowest BCUT2D eigenvalue weighted by atomic mass is 10.0. The third kappa shape index (κ3) is 3.33. The van der Waals surface area contributed by atoms with Crippen molar-refractivity contribution < 1.29 is 19.4 Å². The van der Waals surface area contributed by atoms with Crippen LogP contribution in [0.15, 0.2) is 6.33 Å². The monoisotopic (exact) mass is 296 g/mol. The number of urea groups is 1. The number of imidazole rings is 1. The van der Waals surface area contributed by atoms with Crippen LogP contribution >= 0.6 is 0 Å². The molecule has 21 heavy (non-hydrogen) atoms. The first-order valence-electron chi connectivity index (χ1n) is 6.65. The molecule has 0 radical (unpaired) electrons. The normalized spacial score (nSPS) is 18.2. The van der Waals surface area contributed by atoms with Crippen molar-refractivity contribution in [2.45, 2.75) is 38.4 Å². The molecule has 0 aliphatic carbocycles. The molecule has 1 aliphatic rings. The van der Waals surface area contributed by atoms with Crippen molar-refractivity contribution in [2.75, 3.05) is 13.7 Å². The van der Waals surface area contributed by atoms with E-state index in [-0.39, 0.29) is 13.0 Å². The Balaban J connectivity index is 2.16. The summed E-state index contributed by atoms with van der Waals surface area (Å²) in [5.41, 5.74) is 0.887. The van der Waals surface area contributed by atoms with Crippen molar-refractivity contribution >= 4 is 12.0 Å². The minimum Gasteiger partial charge on any atom is -0.480 e. The van der Waals surface area contributed by atoms with Gasteiger partial charge in [-0.25, -0.2) is 14.6 Å². The van der Waals surface area contributed by atoms with Gasteiger partial charge >= 0.3 is 12.0 Å². The van der Waals surface area contributed by atoms with Gasteiger partial charge in [0.05, 0.1) is 36.4 Å². The second-order valence-electron chi connectivity index (χ2n) is 5.76. The van der Waals surface area contributed by atoms with E-state index in [0.29, 0.717) is 12.3 Å². The molecule has 1 unspecified atom stereocenters. The minimum absolute atomic E-state index is 0.196. The number of ether oxygens (including phenoxy) is 1. The zero-order valence-electron chi connectivity index (χ0n) is 12.3.